The van der Waals surface area contributed by atoms with Gasteiger partial charge in [0.25, 0.3) is 0 Å². The monoisotopic (exact) mass is 290 g/mol. The zero-order valence-electron chi connectivity index (χ0n) is 13.4. The van der Waals surface area contributed by atoms with Crippen LogP contribution in [-0.4, -0.2) is 36.3 Å². The second-order valence-electron chi connectivity index (χ2n) is 6.72. The van der Waals surface area contributed by atoms with Crippen molar-refractivity contribution in [2.24, 2.45) is 23.4 Å². The predicted molar refractivity (Wildman–Crippen MR) is 84.2 cm³/mol. The highest BCUT2D eigenvalue weighted by atomic mass is 16.5. The van der Waals surface area contributed by atoms with Crippen LogP contribution < -0.4 is 10.6 Å². The average Bonchev–Trinajstić information content (AvgIpc) is 3.07. The molecule has 1 saturated heterocycles. The standard InChI is InChI=1S/C16H26N4O/c1-16(2)13(12-7-9-21-14(12)16)19-15(17-3)18-10-11-6-5-8-20(11)4/h5-6,8,12-14H,7,9-10H2,1-4H3,(H2,17,18,19). The number of rotatable bonds is 3. The van der Waals surface area contributed by atoms with E-state index in [9.17, 15) is 0 Å². The summed E-state index contributed by atoms with van der Waals surface area (Å²) in [5, 5.41) is 7.00. The van der Waals surface area contributed by atoms with E-state index in [0.717, 1.165) is 25.5 Å². The molecule has 1 aromatic heterocycles. The van der Waals surface area contributed by atoms with Gasteiger partial charge in [-0.2, -0.15) is 0 Å². The Kier molecular flexibility index (Phi) is 3.69. The van der Waals surface area contributed by atoms with Gasteiger partial charge < -0.3 is 19.9 Å². The summed E-state index contributed by atoms with van der Waals surface area (Å²) in [6.07, 6.45) is 3.62. The highest BCUT2D eigenvalue weighted by Crippen LogP contribution is 2.52. The third-order valence-corrected chi connectivity index (χ3v) is 5.10. The minimum Gasteiger partial charge on any atom is -0.377 e. The van der Waals surface area contributed by atoms with Crippen LogP contribution in [0.1, 0.15) is 26.0 Å². The molecule has 1 aliphatic heterocycles. The van der Waals surface area contributed by atoms with E-state index in [1.165, 1.54) is 5.69 Å². The molecular weight excluding hydrogens is 264 g/mol. The van der Waals surface area contributed by atoms with E-state index in [1.807, 2.05) is 7.05 Å². The highest BCUT2D eigenvalue weighted by molar-refractivity contribution is 5.80. The summed E-state index contributed by atoms with van der Waals surface area (Å²) in [5.74, 6) is 1.49. The summed E-state index contributed by atoms with van der Waals surface area (Å²) >= 11 is 0. The number of aliphatic imine (C=N–C) groups is 1. The maximum absolute atomic E-state index is 5.84. The van der Waals surface area contributed by atoms with Crippen LogP contribution in [0, 0.1) is 11.3 Å². The molecule has 0 bridgehead atoms. The lowest BCUT2D eigenvalue weighted by Gasteiger charge is -2.54. The van der Waals surface area contributed by atoms with Crippen LogP contribution in [0.25, 0.3) is 0 Å². The van der Waals surface area contributed by atoms with Crippen molar-refractivity contribution in [1.82, 2.24) is 15.2 Å². The van der Waals surface area contributed by atoms with E-state index >= 15 is 0 Å². The quantitative estimate of drug-likeness (QED) is 0.655. The van der Waals surface area contributed by atoms with Gasteiger partial charge in [-0.15, -0.1) is 0 Å². The van der Waals surface area contributed by atoms with Crippen molar-refractivity contribution >= 4 is 5.96 Å². The number of ether oxygens (including phenoxy) is 1. The summed E-state index contributed by atoms with van der Waals surface area (Å²) in [6.45, 7) is 6.23. The lowest BCUT2D eigenvalue weighted by molar-refractivity contribution is -0.106. The van der Waals surface area contributed by atoms with Crippen molar-refractivity contribution < 1.29 is 4.74 Å². The number of nitrogens with zero attached hydrogens (tertiary/aromatic N) is 2. The highest BCUT2D eigenvalue weighted by Gasteiger charge is 2.59. The van der Waals surface area contributed by atoms with Crippen molar-refractivity contribution in [3.05, 3.63) is 24.0 Å². The molecule has 5 heteroatoms. The number of hydrogen-bond acceptors (Lipinski definition) is 2. The van der Waals surface area contributed by atoms with Gasteiger partial charge in [0, 0.05) is 50.0 Å². The minimum absolute atomic E-state index is 0.170. The summed E-state index contributed by atoms with van der Waals surface area (Å²) in [4.78, 5) is 4.36. The first-order valence-corrected chi connectivity index (χ1v) is 7.73. The normalized spacial score (nSPS) is 30.7. The van der Waals surface area contributed by atoms with Crippen LogP contribution in [0.5, 0.6) is 0 Å². The van der Waals surface area contributed by atoms with Crippen LogP contribution in [0.4, 0.5) is 0 Å². The summed E-state index contributed by atoms with van der Waals surface area (Å²) in [5.41, 5.74) is 1.41. The fraction of sp³-hybridized carbons (Fsp3) is 0.688. The van der Waals surface area contributed by atoms with Gasteiger partial charge in [-0.25, -0.2) is 0 Å². The zero-order chi connectivity index (χ0) is 15.0. The summed E-state index contributed by atoms with van der Waals surface area (Å²) in [7, 11) is 3.89. The molecule has 2 fully saturated rings. The molecular formula is C16H26N4O. The van der Waals surface area contributed by atoms with Gasteiger partial charge in [0.05, 0.1) is 12.6 Å². The first-order chi connectivity index (χ1) is 10.0. The number of aromatic nitrogens is 1. The van der Waals surface area contributed by atoms with Gasteiger partial charge in [-0.3, -0.25) is 4.99 Å². The van der Waals surface area contributed by atoms with E-state index in [1.54, 1.807) is 0 Å². The second kappa shape index (κ2) is 5.37. The molecule has 1 aromatic rings. The average molecular weight is 290 g/mol. The summed E-state index contributed by atoms with van der Waals surface area (Å²) in [6, 6.07) is 4.61. The molecule has 2 N–H and O–H groups in total. The minimum atomic E-state index is 0.170. The van der Waals surface area contributed by atoms with Crippen molar-refractivity contribution in [2.75, 3.05) is 13.7 Å². The molecule has 5 nitrogen and oxygen atoms in total. The molecule has 21 heavy (non-hydrogen) atoms. The molecule has 1 saturated carbocycles. The molecule has 2 heterocycles. The van der Waals surface area contributed by atoms with Gasteiger partial charge in [0.2, 0.25) is 0 Å². The maximum atomic E-state index is 5.84. The maximum Gasteiger partial charge on any atom is 0.191 e. The van der Waals surface area contributed by atoms with Crippen molar-refractivity contribution in [1.29, 1.82) is 0 Å². The number of aryl methyl sites for hydroxylation is 1. The van der Waals surface area contributed by atoms with Crippen molar-refractivity contribution in [3.63, 3.8) is 0 Å². The lowest BCUT2D eigenvalue weighted by atomic mass is 9.57. The van der Waals surface area contributed by atoms with Gasteiger partial charge in [0.1, 0.15) is 0 Å². The van der Waals surface area contributed by atoms with E-state index in [2.05, 4.69) is 59.4 Å². The molecule has 0 radical (unpaired) electrons. The molecule has 0 spiro atoms. The van der Waals surface area contributed by atoms with E-state index in [-0.39, 0.29) is 5.41 Å². The fourth-order valence-electron chi connectivity index (χ4n) is 3.81. The number of guanidine groups is 1. The Balaban J connectivity index is 1.59. The van der Waals surface area contributed by atoms with Crippen LogP contribution >= 0.6 is 0 Å². The Morgan fingerprint density at radius 3 is 3.00 bits per heavy atom. The molecule has 116 valence electrons. The topological polar surface area (TPSA) is 50.6 Å². The third kappa shape index (κ3) is 2.44. The smallest absolute Gasteiger partial charge is 0.191 e. The van der Waals surface area contributed by atoms with Gasteiger partial charge in [-0.05, 0) is 18.6 Å². The molecule has 3 atom stereocenters. The van der Waals surface area contributed by atoms with E-state index < -0.39 is 0 Å². The Morgan fingerprint density at radius 1 is 1.52 bits per heavy atom. The molecule has 2 aliphatic rings. The van der Waals surface area contributed by atoms with Crippen molar-refractivity contribution in [2.45, 2.75) is 39.0 Å². The largest absolute Gasteiger partial charge is 0.377 e. The second-order valence-corrected chi connectivity index (χ2v) is 6.72. The van der Waals surface area contributed by atoms with Crippen LogP contribution in [0.15, 0.2) is 23.3 Å². The number of nitrogens with one attached hydrogen (secondary N) is 2. The Labute approximate surface area is 126 Å². The first-order valence-electron chi connectivity index (χ1n) is 7.73. The molecule has 3 unspecified atom stereocenters. The van der Waals surface area contributed by atoms with Crippen LogP contribution in [0.3, 0.4) is 0 Å². The SMILES string of the molecule is CN=C(NCc1cccn1C)NC1C2CCOC2C1(C)C. The molecule has 0 aromatic carbocycles. The van der Waals surface area contributed by atoms with E-state index in [4.69, 9.17) is 4.74 Å². The van der Waals surface area contributed by atoms with Crippen molar-refractivity contribution in [3.8, 4) is 0 Å². The predicted octanol–water partition coefficient (Wildman–Crippen LogP) is 1.50. The molecule has 0 amide bonds. The van der Waals surface area contributed by atoms with Gasteiger partial charge >= 0.3 is 0 Å². The number of hydrogen-bond donors (Lipinski definition) is 2. The molecule has 1 aliphatic carbocycles. The fourth-order valence-corrected chi connectivity index (χ4v) is 3.81. The van der Waals surface area contributed by atoms with Crippen LogP contribution in [0.2, 0.25) is 0 Å². The lowest BCUT2D eigenvalue weighted by Crippen LogP contribution is -2.67. The zero-order valence-corrected chi connectivity index (χ0v) is 13.4. The summed E-state index contributed by atoms with van der Waals surface area (Å²) < 4.78 is 7.96. The third-order valence-electron chi connectivity index (χ3n) is 5.10. The van der Waals surface area contributed by atoms with E-state index in [0.29, 0.717) is 18.1 Å². The van der Waals surface area contributed by atoms with Crippen LogP contribution in [-0.2, 0) is 18.3 Å². The first kappa shape index (κ1) is 14.4. The molecule has 3 rings (SSSR count). The number of fused-ring (bicyclic) bond motifs is 1. The van der Waals surface area contributed by atoms with Gasteiger partial charge in [0.15, 0.2) is 5.96 Å². The Hall–Kier alpha value is -1.49. The van der Waals surface area contributed by atoms with Gasteiger partial charge in [-0.1, -0.05) is 13.8 Å². The Bertz CT molecular complexity index is 534. The Morgan fingerprint density at radius 2 is 2.33 bits per heavy atom.